The Morgan fingerprint density at radius 3 is 2.24 bits per heavy atom. The maximum absolute atomic E-state index is 11.4. The Kier molecular flexibility index (Phi) is 4.58. The summed E-state index contributed by atoms with van der Waals surface area (Å²) in [5.41, 5.74) is 1.86. The summed E-state index contributed by atoms with van der Waals surface area (Å²) in [6.45, 7) is 8.37. The third kappa shape index (κ3) is 4.01. The number of hydrogen-bond donors (Lipinski definition) is 0. The summed E-state index contributed by atoms with van der Waals surface area (Å²) in [4.78, 5) is 15.5. The summed E-state index contributed by atoms with van der Waals surface area (Å²) in [6, 6.07) is 12.2. The average molecular weight is 299 g/mol. The fraction of sp³-hybridized carbons (Fsp3) is 0.294. The number of carbonyl (C=O) groups is 1. The number of aromatic nitrogens is 1. The topological polar surface area (TPSA) is 39.2 Å². The first-order valence-electron chi connectivity index (χ1n) is 7.05. The molecule has 0 N–H and O–H groups in total. The first-order valence-corrected chi connectivity index (χ1v) is 10.6. The molecule has 0 saturated heterocycles. The molecule has 0 spiro atoms. The van der Waals surface area contributed by atoms with Crippen molar-refractivity contribution >= 4 is 19.2 Å². The van der Waals surface area contributed by atoms with Gasteiger partial charge in [0.05, 0.1) is 8.07 Å². The molecule has 1 aromatic carbocycles. The minimum atomic E-state index is -1.32. The van der Waals surface area contributed by atoms with Crippen LogP contribution in [0.15, 0.2) is 48.8 Å². The van der Waals surface area contributed by atoms with Crippen LogP contribution in [0, 0.1) is 0 Å². The lowest BCUT2D eigenvalue weighted by Gasteiger charge is -2.20. The van der Waals surface area contributed by atoms with Crippen molar-refractivity contribution in [2.24, 2.45) is 0 Å². The summed E-state index contributed by atoms with van der Waals surface area (Å²) >= 11 is 0. The van der Waals surface area contributed by atoms with Gasteiger partial charge in [0.15, 0.2) is 6.10 Å². The van der Waals surface area contributed by atoms with Crippen LogP contribution < -0.4 is 5.19 Å². The zero-order chi connectivity index (χ0) is 15.5. The van der Waals surface area contributed by atoms with Crippen LogP contribution in [0.2, 0.25) is 19.6 Å². The van der Waals surface area contributed by atoms with Crippen molar-refractivity contribution in [3.63, 3.8) is 0 Å². The van der Waals surface area contributed by atoms with Crippen LogP contribution in [-0.4, -0.2) is 19.0 Å². The Balaban J connectivity index is 2.36. The highest BCUT2D eigenvalue weighted by Crippen LogP contribution is 2.25. The summed E-state index contributed by atoms with van der Waals surface area (Å²) < 4.78 is 5.48. The molecule has 2 rings (SSSR count). The molecule has 0 aliphatic carbocycles. The molecule has 21 heavy (non-hydrogen) atoms. The number of pyridine rings is 1. The van der Waals surface area contributed by atoms with Crippen LogP contribution in [0.3, 0.4) is 0 Å². The summed E-state index contributed by atoms with van der Waals surface area (Å²) in [5, 5.41) is 1.39. The van der Waals surface area contributed by atoms with Crippen molar-refractivity contribution in [2.75, 3.05) is 0 Å². The second-order valence-electron chi connectivity index (χ2n) is 6.15. The molecule has 0 fully saturated rings. The molecule has 0 aliphatic heterocycles. The minimum Gasteiger partial charge on any atom is -0.453 e. The van der Waals surface area contributed by atoms with Crippen LogP contribution in [0.25, 0.3) is 0 Å². The van der Waals surface area contributed by atoms with Crippen LogP contribution in [0.1, 0.15) is 24.2 Å². The monoisotopic (exact) mass is 299 g/mol. The molecule has 3 nitrogen and oxygen atoms in total. The number of ether oxygens (including phenoxy) is 1. The molecule has 0 aliphatic rings. The summed E-state index contributed by atoms with van der Waals surface area (Å²) in [6.07, 6.45) is 3.05. The molecule has 1 aromatic heterocycles. The van der Waals surface area contributed by atoms with Gasteiger partial charge in [0.2, 0.25) is 0 Å². The molecule has 4 heteroatoms. The number of rotatable bonds is 4. The summed E-state index contributed by atoms with van der Waals surface area (Å²) in [5.74, 6) is -0.293. The highest BCUT2D eigenvalue weighted by molar-refractivity contribution is 6.88. The van der Waals surface area contributed by atoms with Gasteiger partial charge in [-0.3, -0.25) is 9.78 Å². The van der Waals surface area contributed by atoms with Crippen molar-refractivity contribution in [2.45, 2.75) is 32.7 Å². The summed E-state index contributed by atoms with van der Waals surface area (Å²) in [7, 11) is -1.32. The fourth-order valence-corrected chi connectivity index (χ4v) is 3.35. The molecule has 0 radical (unpaired) electrons. The SMILES string of the molecule is CC(=O)O[C@@H](c1ccc([Si](C)(C)C)cc1)c1cccnc1. The van der Waals surface area contributed by atoms with E-state index in [1.165, 1.54) is 12.1 Å². The Morgan fingerprint density at radius 1 is 1.10 bits per heavy atom. The van der Waals surface area contributed by atoms with E-state index in [9.17, 15) is 4.79 Å². The predicted octanol–water partition coefficient (Wildman–Crippen LogP) is 3.28. The van der Waals surface area contributed by atoms with Gasteiger partial charge in [-0.1, -0.05) is 55.2 Å². The van der Waals surface area contributed by atoms with Crippen LogP contribution in [0.5, 0.6) is 0 Å². The van der Waals surface area contributed by atoms with Gasteiger partial charge in [0, 0.05) is 24.9 Å². The maximum Gasteiger partial charge on any atom is 0.303 e. The number of nitrogens with zero attached hydrogens (tertiary/aromatic N) is 1. The first kappa shape index (κ1) is 15.4. The third-order valence-corrected chi connectivity index (χ3v) is 5.42. The smallest absolute Gasteiger partial charge is 0.303 e. The van der Waals surface area contributed by atoms with Gasteiger partial charge >= 0.3 is 5.97 Å². The lowest BCUT2D eigenvalue weighted by molar-refractivity contribution is -0.144. The number of esters is 1. The maximum atomic E-state index is 11.4. The molecule has 2 aromatic rings. The zero-order valence-corrected chi connectivity index (χ0v) is 14.0. The lowest BCUT2D eigenvalue weighted by Crippen LogP contribution is -2.37. The molecular formula is C17H21NO2Si. The van der Waals surface area contributed by atoms with E-state index < -0.39 is 14.2 Å². The van der Waals surface area contributed by atoms with E-state index >= 15 is 0 Å². The van der Waals surface area contributed by atoms with E-state index in [1.807, 2.05) is 24.3 Å². The van der Waals surface area contributed by atoms with E-state index in [-0.39, 0.29) is 5.97 Å². The molecule has 110 valence electrons. The molecule has 1 atom stereocenters. The zero-order valence-electron chi connectivity index (χ0n) is 13.0. The van der Waals surface area contributed by atoms with Gasteiger partial charge in [-0.15, -0.1) is 0 Å². The van der Waals surface area contributed by atoms with Gasteiger partial charge in [-0.2, -0.15) is 0 Å². The Bertz CT molecular complexity index is 603. The Labute approximate surface area is 127 Å². The van der Waals surface area contributed by atoms with Crippen molar-refractivity contribution in [1.29, 1.82) is 0 Å². The average Bonchev–Trinajstić information content (AvgIpc) is 2.45. The van der Waals surface area contributed by atoms with E-state index in [2.05, 4.69) is 36.8 Å². The molecular weight excluding hydrogens is 278 g/mol. The third-order valence-electron chi connectivity index (χ3n) is 3.35. The number of benzene rings is 1. The lowest BCUT2D eigenvalue weighted by atomic mass is 10.0. The largest absolute Gasteiger partial charge is 0.453 e. The van der Waals surface area contributed by atoms with Crippen molar-refractivity contribution in [3.8, 4) is 0 Å². The van der Waals surface area contributed by atoms with Gasteiger partial charge in [0.1, 0.15) is 0 Å². The Hall–Kier alpha value is -1.94. The van der Waals surface area contributed by atoms with E-state index in [4.69, 9.17) is 4.74 Å². The van der Waals surface area contributed by atoms with Crippen molar-refractivity contribution < 1.29 is 9.53 Å². The second kappa shape index (κ2) is 6.22. The van der Waals surface area contributed by atoms with Gasteiger partial charge in [0.25, 0.3) is 0 Å². The first-order chi connectivity index (χ1) is 9.88. The van der Waals surface area contributed by atoms with Gasteiger partial charge < -0.3 is 4.74 Å². The highest BCUT2D eigenvalue weighted by Gasteiger charge is 2.20. The second-order valence-corrected chi connectivity index (χ2v) is 11.2. The van der Waals surface area contributed by atoms with Crippen LogP contribution in [0.4, 0.5) is 0 Å². The van der Waals surface area contributed by atoms with Crippen LogP contribution in [-0.2, 0) is 9.53 Å². The van der Waals surface area contributed by atoms with E-state index in [1.54, 1.807) is 12.4 Å². The normalized spacial score (nSPS) is 12.8. The fourth-order valence-electron chi connectivity index (χ4n) is 2.18. The molecule has 0 amide bonds. The van der Waals surface area contributed by atoms with Gasteiger partial charge in [-0.05, 0) is 11.6 Å². The number of hydrogen-bond acceptors (Lipinski definition) is 3. The molecule has 0 bridgehead atoms. The minimum absolute atomic E-state index is 0.293. The quantitative estimate of drug-likeness (QED) is 0.642. The van der Waals surface area contributed by atoms with E-state index in [0.29, 0.717) is 0 Å². The molecule has 1 heterocycles. The highest BCUT2D eigenvalue weighted by atomic mass is 28.3. The number of carbonyl (C=O) groups excluding carboxylic acids is 1. The standard InChI is InChI=1S/C17H21NO2Si/c1-13(19)20-17(15-6-5-11-18-12-15)14-7-9-16(10-8-14)21(2,3)4/h5-12,17H,1-4H3/t17-/m0/s1. The Morgan fingerprint density at radius 2 is 1.76 bits per heavy atom. The molecule has 0 unspecified atom stereocenters. The van der Waals surface area contributed by atoms with E-state index in [0.717, 1.165) is 11.1 Å². The van der Waals surface area contributed by atoms with Crippen LogP contribution >= 0.6 is 0 Å². The predicted molar refractivity (Wildman–Crippen MR) is 87.3 cm³/mol. The van der Waals surface area contributed by atoms with Crippen molar-refractivity contribution in [1.82, 2.24) is 4.98 Å². The molecule has 0 saturated carbocycles. The van der Waals surface area contributed by atoms with Crippen molar-refractivity contribution in [3.05, 3.63) is 59.9 Å². The van der Waals surface area contributed by atoms with Gasteiger partial charge in [-0.25, -0.2) is 0 Å².